The van der Waals surface area contributed by atoms with Gasteiger partial charge in [-0.25, -0.2) is 0 Å². The van der Waals surface area contributed by atoms with Crippen molar-refractivity contribution in [1.82, 2.24) is 5.32 Å². The predicted molar refractivity (Wildman–Crippen MR) is 75.6 cm³/mol. The highest BCUT2D eigenvalue weighted by Gasteiger charge is 2.03. The molecule has 0 aliphatic carbocycles. The summed E-state index contributed by atoms with van der Waals surface area (Å²) in [6, 6.07) is 16.3. The minimum Gasteiger partial charge on any atom is -0.484 e. The van der Waals surface area contributed by atoms with Crippen molar-refractivity contribution in [1.29, 1.82) is 0 Å². The molecule has 0 atom stereocenters. The highest BCUT2D eigenvalue weighted by Crippen LogP contribution is 2.11. The van der Waals surface area contributed by atoms with Crippen molar-refractivity contribution < 1.29 is 14.3 Å². The number of ether oxygens (including phenoxy) is 1. The lowest BCUT2D eigenvalue weighted by atomic mass is 10.2. The minimum atomic E-state index is -0.203. The van der Waals surface area contributed by atoms with Crippen LogP contribution in [-0.2, 0) is 11.3 Å². The van der Waals surface area contributed by atoms with E-state index in [4.69, 9.17) is 4.74 Å². The molecule has 4 nitrogen and oxygen atoms in total. The van der Waals surface area contributed by atoms with Crippen LogP contribution >= 0.6 is 0 Å². The van der Waals surface area contributed by atoms with Crippen molar-refractivity contribution in [2.24, 2.45) is 0 Å². The van der Waals surface area contributed by atoms with Crippen LogP contribution in [0.4, 0.5) is 0 Å². The van der Waals surface area contributed by atoms with Gasteiger partial charge in [-0.05, 0) is 17.7 Å². The minimum absolute atomic E-state index is 0.0743. The highest BCUT2D eigenvalue weighted by molar-refractivity contribution is 5.78. The molecule has 0 radical (unpaired) electrons. The van der Waals surface area contributed by atoms with Gasteiger partial charge in [-0.1, -0.05) is 42.5 Å². The molecule has 0 saturated heterocycles. The van der Waals surface area contributed by atoms with Crippen LogP contribution in [-0.4, -0.2) is 18.8 Å². The number of amides is 1. The highest BCUT2D eigenvalue weighted by atomic mass is 16.5. The Balaban J connectivity index is 1.78. The van der Waals surface area contributed by atoms with Gasteiger partial charge in [-0.3, -0.25) is 9.59 Å². The Morgan fingerprint density at radius 3 is 2.65 bits per heavy atom. The first-order valence-electron chi connectivity index (χ1n) is 6.26. The van der Waals surface area contributed by atoms with E-state index in [1.807, 2.05) is 30.3 Å². The molecule has 20 heavy (non-hydrogen) atoms. The van der Waals surface area contributed by atoms with Gasteiger partial charge in [0, 0.05) is 12.1 Å². The summed E-state index contributed by atoms with van der Waals surface area (Å²) in [5.41, 5.74) is 1.55. The van der Waals surface area contributed by atoms with Crippen LogP contribution < -0.4 is 10.1 Å². The van der Waals surface area contributed by atoms with Gasteiger partial charge in [-0.15, -0.1) is 0 Å². The molecule has 0 aliphatic heterocycles. The predicted octanol–water partition coefficient (Wildman–Crippen LogP) is 2.19. The van der Waals surface area contributed by atoms with E-state index < -0.39 is 0 Å². The molecule has 2 rings (SSSR count). The summed E-state index contributed by atoms with van der Waals surface area (Å²) in [4.78, 5) is 22.3. The summed E-state index contributed by atoms with van der Waals surface area (Å²) in [6.07, 6.45) is 0.738. The van der Waals surface area contributed by atoms with Gasteiger partial charge in [0.1, 0.15) is 12.0 Å². The first kappa shape index (κ1) is 13.8. The lowest BCUT2D eigenvalue weighted by molar-refractivity contribution is -0.123. The Morgan fingerprint density at radius 1 is 1.10 bits per heavy atom. The topological polar surface area (TPSA) is 55.4 Å². The number of aldehydes is 1. The number of rotatable bonds is 6. The molecule has 0 spiro atoms. The zero-order valence-corrected chi connectivity index (χ0v) is 10.9. The Hall–Kier alpha value is -2.62. The Morgan fingerprint density at radius 2 is 1.90 bits per heavy atom. The second-order valence-corrected chi connectivity index (χ2v) is 4.24. The van der Waals surface area contributed by atoms with Crippen LogP contribution in [0.2, 0.25) is 0 Å². The van der Waals surface area contributed by atoms with Crippen molar-refractivity contribution in [3.05, 3.63) is 65.7 Å². The Bertz CT molecular complexity index is 581. The number of nitrogens with one attached hydrogen (secondary N) is 1. The average Bonchev–Trinajstić information content (AvgIpc) is 2.52. The van der Waals surface area contributed by atoms with E-state index in [-0.39, 0.29) is 12.5 Å². The third-order valence-electron chi connectivity index (χ3n) is 2.70. The smallest absolute Gasteiger partial charge is 0.258 e. The van der Waals surface area contributed by atoms with Gasteiger partial charge in [-0.2, -0.15) is 0 Å². The monoisotopic (exact) mass is 269 g/mol. The molecule has 0 bridgehead atoms. The summed E-state index contributed by atoms with van der Waals surface area (Å²) >= 11 is 0. The van der Waals surface area contributed by atoms with E-state index >= 15 is 0 Å². The Labute approximate surface area is 117 Å². The van der Waals surface area contributed by atoms with Gasteiger partial charge in [0.2, 0.25) is 0 Å². The van der Waals surface area contributed by atoms with E-state index in [1.165, 1.54) is 0 Å². The zero-order valence-electron chi connectivity index (χ0n) is 10.9. The molecule has 2 aromatic carbocycles. The molecular formula is C16H15NO3. The van der Waals surface area contributed by atoms with Crippen LogP contribution in [0.25, 0.3) is 0 Å². The number of carbonyl (C=O) groups is 2. The van der Waals surface area contributed by atoms with Gasteiger partial charge in [0.05, 0.1) is 0 Å². The van der Waals surface area contributed by atoms with E-state index in [9.17, 15) is 9.59 Å². The molecule has 0 aromatic heterocycles. The van der Waals surface area contributed by atoms with Crippen LogP contribution in [0.5, 0.6) is 5.75 Å². The average molecular weight is 269 g/mol. The van der Waals surface area contributed by atoms with Gasteiger partial charge in [0.15, 0.2) is 6.61 Å². The van der Waals surface area contributed by atoms with Crippen molar-refractivity contribution in [2.75, 3.05) is 6.61 Å². The number of hydrogen-bond acceptors (Lipinski definition) is 3. The Kier molecular flexibility index (Phi) is 4.89. The molecule has 0 fully saturated rings. The summed E-state index contributed by atoms with van der Waals surface area (Å²) in [5.74, 6) is 0.301. The maximum atomic E-state index is 11.6. The molecule has 2 aromatic rings. The summed E-state index contributed by atoms with van der Waals surface area (Å²) < 4.78 is 5.33. The normalized spacial score (nSPS) is 9.80. The van der Waals surface area contributed by atoms with Gasteiger partial charge < -0.3 is 10.1 Å². The van der Waals surface area contributed by atoms with Crippen LogP contribution in [0.3, 0.4) is 0 Å². The zero-order chi connectivity index (χ0) is 14.2. The van der Waals surface area contributed by atoms with Crippen molar-refractivity contribution in [3.63, 3.8) is 0 Å². The largest absolute Gasteiger partial charge is 0.484 e. The number of carbonyl (C=O) groups excluding carboxylic acids is 2. The maximum Gasteiger partial charge on any atom is 0.258 e. The van der Waals surface area contributed by atoms with Gasteiger partial charge >= 0.3 is 0 Å². The van der Waals surface area contributed by atoms with Crippen molar-refractivity contribution in [3.8, 4) is 5.75 Å². The first-order chi connectivity index (χ1) is 9.78. The summed E-state index contributed by atoms with van der Waals surface area (Å²) in [5, 5.41) is 2.76. The van der Waals surface area contributed by atoms with Crippen LogP contribution in [0.15, 0.2) is 54.6 Å². The molecule has 1 N–H and O–H groups in total. The van der Waals surface area contributed by atoms with Crippen molar-refractivity contribution in [2.45, 2.75) is 6.54 Å². The third kappa shape index (κ3) is 4.24. The van der Waals surface area contributed by atoms with Crippen LogP contribution in [0.1, 0.15) is 15.9 Å². The quantitative estimate of drug-likeness (QED) is 0.818. The molecule has 0 aliphatic rings. The molecule has 0 unspecified atom stereocenters. The van der Waals surface area contributed by atoms with E-state index in [0.717, 1.165) is 11.8 Å². The number of benzene rings is 2. The molecule has 4 heteroatoms. The molecule has 1 amide bonds. The first-order valence-corrected chi connectivity index (χ1v) is 6.26. The van der Waals surface area contributed by atoms with E-state index in [2.05, 4.69) is 5.32 Å². The van der Waals surface area contributed by atoms with E-state index in [1.54, 1.807) is 24.3 Å². The SMILES string of the molecule is O=Cc1cccc(OCC(=O)NCc2ccccc2)c1. The fourth-order valence-corrected chi connectivity index (χ4v) is 1.67. The molecule has 102 valence electrons. The second-order valence-electron chi connectivity index (χ2n) is 4.24. The molecule has 0 heterocycles. The molecular weight excluding hydrogens is 254 g/mol. The second kappa shape index (κ2) is 7.09. The molecule has 0 saturated carbocycles. The lowest BCUT2D eigenvalue weighted by Crippen LogP contribution is -2.28. The summed E-state index contributed by atoms with van der Waals surface area (Å²) in [6.45, 7) is 0.395. The van der Waals surface area contributed by atoms with Crippen LogP contribution in [0, 0.1) is 0 Å². The fourth-order valence-electron chi connectivity index (χ4n) is 1.67. The fraction of sp³-hybridized carbons (Fsp3) is 0.125. The number of hydrogen-bond donors (Lipinski definition) is 1. The van der Waals surface area contributed by atoms with Crippen molar-refractivity contribution >= 4 is 12.2 Å². The maximum absolute atomic E-state index is 11.6. The standard InChI is InChI=1S/C16H15NO3/c18-11-14-7-4-8-15(9-14)20-12-16(19)17-10-13-5-2-1-3-6-13/h1-9,11H,10,12H2,(H,17,19). The van der Waals surface area contributed by atoms with E-state index in [0.29, 0.717) is 17.9 Å². The third-order valence-corrected chi connectivity index (χ3v) is 2.70. The lowest BCUT2D eigenvalue weighted by Gasteiger charge is -2.07. The summed E-state index contributed by atoms with van der Waals surface area (Å²) in [7, 11) is 0. The van der Waals surface area contributed by atoms with Gasteiger partial charge in [0.25, 0.3) is 5.91 Å².